The average molecular weight is 194 g/mol. The summed E-state index contributed by atoms with van der Waals surface area (Å²) < 4.78 is 4.76. The molecule has 3 heteroatoms. The molecule has 1 saturated heterocycles. The zero-order valence-electron chi connectivity index (χ0n) is 8.23. The Morgan fingerprint density at radius 1 is 1.14 bits per heavy atom. The number of cyclic esters (lactones) is 2. The molecule has 0 aromatic heterocycles. The first-order chi connectivity index (χ1) is 6.68. The molecular formula is C11H14O3. The minimum atomic E-state index is -0.249. The van der Waals surface area contributed by atoms with E-state index >= 15 is 0 Å². The quantitative estimate of drug-likeness (QED) is 0.432. The third kappa shape index (κ3) is 0.877. The number of hydrogen-bond acceptors (Lipinski definition) is 3. The minimum Gasteiger partial charge on any atom is -0.393 e. The van der Waals surface area contributed by atoms with Gasteiger partial charge in [-0.25, -0.2) is 0 Å². The number of ether oxygens (including phenoxy) is 1. The summed E-state index contributed by atoms with van der Waals surface area (Å²) in [6.45, 7) is 2.20. The van der Waals surface area contributed by atoms with Crippen LogP contribution in [0, 0.1) is 29.6 Å². The van der Waals surface area contributed by atoms with E-state index in [2.05, 4.69) is 6.92 Å². The van der Waals surface area contributed by atoms with Gasteiger partial charge in [0.05, 0.1) is 11.8 Å². The number of hydrogen-bond donors (Lipinski definition) is 0. The first kappa shape index (κ1) is 8.45. The summed E-state index contributed by atoms with van der Waals surface area (Å²) in [5, 5.41) is 0. The molecule has 3 aliphatic carbocycles. The van der Waals surface area contributed by atoms with Gasteiger partial charge in [-0.2, -0.15) is 0 Å². The summed E-state index contributed by atoms with van der Waals surface area (Å²) in [6, 6.07) is 0. The molecule has 76 valence electrons. The van der Waals surface area contributed by atoms with Gasteiger partial charge in [0.25, 0.3) is 0 Å². The fraction of sp³-hybridized carbons (Fsp3) is 0.818. The van der Waals surface area contributed by atoms with E-state index in [4.69, 9.17) is 4.74 Å². The van der Waals surface area contributed by atoms with Crippen LogP contribution in [0.3, 0.4) is 0 Å². The van der Waals surface area contributed by atoms with Gasteiger partial charge in [-0.05, 0) is 37.0 Å². The average Bonchev–Trinajstić information content (AvgIpc) is 2.45. The number of esters is 2. The van der Waals surface area contributed by atoms with Crippen molar-refractivity contribution in [3.8, 4) is 0 Å². The van der Waals surface area contributed by atoms with Gasteiger partial charge in [0.15, 0.2) is 0 Å². The van der Waals surface area contributed by atoms with Crippen LogP contribution >= 0.6 is 0 Å². The van der Waals surface area contributed by atoms with Crippen LogP contribution < -0.4 is 0 Å². The smallest absolute Gasteiger partial charge is 0.317 e. The largest absolute Gasteiger partial charge is 0.393 e. The van der Waals surface area contributed by atoms with Gasteiger partial charge >= 0.3 is 11.9 Å². The van der Waals surface area contributed by atoms with E-state index in [-0.39, 0.29) is 23.8 Å². The molecule has 0 radical (unpaired) electrons. The lowest BCUT2D eigenvalue weighted by atomic mass is 9.56. The molecule has 1 aliphatic heterocycles. The molecule has 3 nitrogen and oxygen atoms in total. The van der Waals surface area contributed by atoms with E-state index in [1.165, 1.54) is 0 Å². The van der Waals surface area contributed by atoms with Crippen molar-refractivity contribution in [3.63, 3.8) is 0 Å². The molecule has 4 fully saturated rings. The molecule has 0 aromatic rings. The van der Waals surface area contributed by atoms with Gasteiger partial charge in [-0.15, -0.1) is 0 Å². The highest BCUT2D eigenvalue weighted by molar-refractivity contribution is 5.97. The topological polar surface area (TPSA) is 43.4 Å². The van der Waals surface area contributed by atoms with E-state index in [0.29, 0.717) is 17.8 Å². The third-order valence-corrected chi connectivity index (χ3v) is 4.38. The van der Waals surface area contributed by atoms with Crippen molar-refractivity contribution in [3.05, 3.63) is 0 Å². The summed E-state index contributed by atoms with van der Waals surface area (Å²) >= 11 is 0. The molecule has 0 N–H and O–H groups in total. The number of rotatable bonds is 0. The van der Waals surface area contributed by atoms with Gasteiger partial charge in [0.1, 0.15) is 0 Å². The van der Waals surface area contributed by atoms with Crippen molar-refractivity contribution in [1.29, 1.82) is 0 Å². The molecule has 1 heterocycles. The first-order valence-electron chi connectivity index (χ1n) is 5.44. The third-order valence-electron chi connectivity index (χ3n) is 4.38. The van der Waals surface area contributed by atoms with Crippen LogP contribution in [0.15, 0.2) is 0 Å². The Hall–Kier alpha value is -0.860. The minimum absolute atomic E-state index is 0.0857. The van der Waals surface area contributed by atoms with Crippen LogP contribution in [0.25, 0.3) is 0 Å². The molecule has 4 aliphatic rings. The number of fused-ring (bicyclic) bond motifs is 2. The van der Waals surface area contributed by atoms with Crippen molar-refractivity contribution in [1.82, 2.24) is 0 Å². The molecule has 0 aromatic carbocycles. The lowest BCUT2D eigenvalue weighted by Gasteiger charge is -2.46. The number of carbonyl (C=O) groups excluding carboxylic acids is 2. The van der Waals surface area contributed by atoms with Crippen LogP contribution in [0.5, 0.6) is 0 Å². The van der Waals surface area contributed by atoms with E-state index in [1.54, 1.807) is 0 Å². The standard InChI is InChI=1S/C11H14O3/c1-5-4-6-2-3-7(5)9-8(6)10(12)14-11(9)13/h5-9H,2-4H2,1H3/t5?,6?,7?,8-,9+/m0/s1. The normalized spacial score (nSPS) is 50.5. The van der Waals surface area contributed by atoms with Crippen LogP contribution in [0.4, 0.5) is 0 Å². The van der Waals surface area contributed by atoms with Crippen LogP contribution in [0.1, 0.15) is 26.2 Å². The highest BCUT2D eigenvalue weighted by Gasteiger charge is 2.58. The van der Waals surface area contributed by atoms with Gasteiger partial charge in [0, 0.05) is 0 Å². The SMILES string of the molecule is CC1CC2CCC1[C@H]1C(=O)OC(=O)[C@@H]21. The molecule has 14 heavy (non-hydrogen) atoms. The summed E-state index contributed by atoms with van der Waals surface area (Å²) in [5.41, 5.74) is 0. The van der Waals surface area contributed by atoms with Crippen LogP contribution in [-0.4, -0.2) is 11.9 Å². The Bertz CT molecular complexity index is 310. The Morgan fingerprint density at radius 2 is 1.86 bits per heavy atom. The lowest BCUT2D eigenvalue weighted by molar-refractivity contribution is -0.154. The van der Waals surface area contributed by atoms with Crippen molar-refractivity contribution in [2.75, 3.05) is 0 Å². The zero-order chi connectivity index (χ0) is 9.87. The van der Waals surface area contributed by atoms with Crippen molar-refractivity contribution in [2.24, 2.45) is 29.6 Å². The van der Waals surface area contributed by atoms with Gasteiger partial charge in [-0.3, -0.25) is 9.59 Å². The molecule has 4 rings (SSSR count). The lowest BCUT2D eigenvalue weighted by Crippen LogP contribution is -2.45. The Morgan fingerprint density at radius 3 is 2.57 bits per heavy atom. The Balaban J connectivity index is 2.00. The molecular weight excluding hydrogens is 180 g/mol. The summed E-state index contributed by atoms with van der Waals surface area (Å²) in [7, 11) is 0. The fourth-order valence-corrected chi connectivity index (χ4v) is 3.78. The maximum Gasteiger partial charge on any atom is 0.317 e. The highest BCUT2D eigenvalue weighted by Crippen LogP contribution is 2.54. The van der Waals surface area contributed by atoms with E-state index < -0.39 is 0 Å². The molecule has 2 bridgehead atoms. The van der Waals surface area contributed by atoms with Crippen molar-refractivity contribution >= 4 is 11.9 Å². The predicted molar refractivity (Wildman–Crippen MR) is 48.1 cm³/mol. The second-order valence-corrected chi connectivity index (χ2v) is 5.01. The first-order valence-corrected chi connectivity index (χ1v) is 5.44. The Labute approximate surface area is 82.8 Å². The summed E-state index contributed by atoms with van der Waals surface area (Å²) in [5.74, 6) is 0.738. The second-order valence-electron chi connectivity index (χ2n) is 5.01. The Kier molecular flexibility index (Phi) is 1.56. The van der Waals surface area contributed by atoms with Crippen LogP contribution in [-0.2, 0) is 14.3 Å². The van der Waals surface area contributed by atoms with Crippen LogP contribution in [0.2, 0.25) is 0 Å². The fourth-order valence-electron chi connectivity index (χ4n) is 3.78. The molecule has 3 saturated carbocycles. The van der Waals surface area contributed by atoms with Crippen molar-refractivity contribution < 1.29 is 14.3 Å². The van der Waals surface area contributed by atoms with E-state index in [1.807, 2.05) is 0 Å². The monoisotopic (exact) mass is 194 g/mol. The summed E-state index contributed by atoms with van der Waals surface area (Å²) in [6.07, 6.45) is 3.32. The highest BCUT2D eigenvalue weighted by atomic mass is 16.6. The predicted octanol–water partition coefficient (Wildman–Crippen LogP) is 1.37. The summed E-state index contributed by atoms with van der Waals surface area (Å²) in [4.78, 5) is 23.0. The van der Waals surface area contributed by atoms with Gasteiger partial charge < -0.3 is 4.74 Å². The van der Waals surface area contributed by atoms with Crippen molar-refractivity contribution in [2.45, 2.75) is 26.2 Å². The maximum atomic E-state index is 11.5. The second kappa shape index (κ2) is 2.59. The molecule has 0 amide bonds. The molecule has 5 atom stereocenters. The van der Waals surface area contributed by atoms with E-state index in [0.717, 1.165) is 19.3 Å². The number of carbonyl (C=O) groups is 2. The van der Waals surface area contributed by atoms with E-state index in [9.17, 15) is 9.59 Å². The van der Waals surface area contributed by atoms with Gasteiger partial charge in [-0.1, -0.05) is 6.92 Å². The molecule has 0 spiro atoms. The maximum absolute atomic E-state index is 11.5. The molecule has 3 unspecified atom stereocenters. The zero-order valence-corrected chi connectivity index (χ0v) is 8.23. The van der Waals surface area contributed by atoms with Gasteiger partial charge in [0.2, 0.25) is 0 Å².